The van der Waals surface area contributed by atoms with E-state index in [1.165, 1.54) is 11.8 Å². The highest BCUT2D eigenvalue weighted by Crippen LogP contribution is 2.11. The Labute approximate surface area is 607 Å². The van der Waals surface area contributed by atoms with Gasteiger partial charge in [-0.25, -0.2) is 0 Å². The summed E-state index contributed by atoms with van der Waals surface area (Å²) in [7, 11) is 0. The largest absolute Gasteiger partial charge is 0.394 e. The van der Waals surface area contributed by atoms with Gasteiger partial charge in [-0.3, -0.25) is 19.3 Å². The second-order valence-electron chi connectivity index (χ2n) is 22.5. The molecule has 0 radical (unpaired) electrons. The van der Waals surface area contributed by atoms with Crippen LogP contribution in [0.3, 0.4) is 0 Å². The van der Waals surface area contributed by atoms with Crippen molar-refractivity contribution in [3.8, 4) is 0 Å². The smallest absolute Gasteiger partial charge is 0.222 e. The SMILES string of the molecule is CCOCCOCCOCCOCCOCCOCCOCCOCCOCCC(=O)NCCC[C@H](NC(=O)CCOCCOCCOCCOCCOCCOCCOCCOCCOCCOCCOCCOCCN(C[C@H](O)[C@@H](O)[C@H](O)[C@H](O)CO)C[C@H](O)[C@@H](O)[C@H](O)[C@H](O)CO)C(C)=O. The number of carbonyl (C=O) groups is 3. The molecule has 103 heavy (non-hydrogen) atoms. The first-order chi connectivity index (χ1) is 50.2. The highest BCUT2D eigenvalue weighted by molar-refractivity contribution is 5.87. The van der Waals surface area contributed by atoms with Gasteiger partial charge in [-0.1, -0.05) is 0 Å². The number of rotatable bonds is 85. The minimum atomic E-state index is -1.89. The van der Waals surface area contributed by atoms with Gasteiger partial charge in [-0.2, -0.15) is 0 Å². The van der Waals surface area contributed by atoms with Gasteiger partial charge in [-0.05, 0) is 26.7 Å². The molecule has 0 aliphatic carbocycles. The number of aliphatic hydroxyl groups is 10. The number of nitrogens with zero attached hydrogens (tertiary/aromatic N) is 1. The van der Waals surface area contributed by atoms with Crippen molar-refractivity contribution in [1.29, 1.82) is 0 Å². The molecule has 0 aliphatic rings. The van der Waals surface area contributed by atoms with E-state index in [2.05, 4.69) is 10.6 Å². The first-order valence-electron chi connectivity index (χ1n) is 35.8. The van der Waals surface area contributed by atoms with E-state index in [-0.39, 0.29) is 76.6 Å². The molecule has 0 aromatic carbocycles. The average Bonchev–Trinajstić information content (AvgIpc) is 0.878. The Balaban J connectivity index is 3.57. The van der Waals surface area contributed by atoms with Gasteiger partial charge in [0.2, 0.25) is 11.8 Å². The molecular weight excluding hydrogens is 1380 g/mol. The zero-order chi connectivity index (χ0) is 75.5. The van der Waals surface area contributed by atoms with Gasteiger partial charge in [0.05, 0.1) is 302 Å². The summed E-state index contributed by atoms with van der Waals surface area (Å²) < 4.78 is 115. The standard InChI is InChI=1S/C66H131N3O34/c1-3-83-13-14-87-21-22-91-29-30-95-37-38-99-42-39-96-34-31-92-26-23-88-18-15-84-10-6-61(77)67-8-4-5-56(55(2)72)68-62(78)7-11-85-16-19-89-24-27-93-32-35-97-40-43-100-45-47-102-49-50-103-48-46-101-44-41-98-36-33-94-28-25-90-20-17-86-12-9-69(51-57(73)63(79)65(81)59(75)53-70)52-58(74)64(80)66(82)60(76)54-71/h56-60,63-66,70-71,73-76,79-82H,3-54H2,1-2H3,(H,67,77)(H,68,78)/t56-,57-,58-,59+,60+,63+,64+,65+,66+/m0/s1. The van der Waals surface area contributed by atoms with Gasteiger partial charge in [0.15, 0.2) is 5.78 Å². The van der Waals surface area contributed by atoms with Gasteiger partial charge >= 0.3 is 0 Å². The Hall–Kier alpha value is -2.67. The Morgan fingerprint density at radius 2 is 0.534 bits per heavy atom. The zero-order valence-corrected chi connectivity index (χ0v) is 61.2. The molecule has 0 heterocycles. The van der Waals surface area contributed by atoms with Gasteiger partial charge in [0.25, 0.3) is 0 Å². The maximum Gasteiger partial charge on any atom is 0.222 e. The number of nitrogens with one attached hydrogen (secondary N) is 2. The summed E-state index contributed by atoms with van der Waals surface area (Å²) in [6, 6.07) is -0.661. The van der Waals surface area contributed by atoms with Crippen molar-refractivity contribution in [3.05, 3.63) is 0 Å². The van der Waals surface area contributed by atoms with Crippen molar-refractivity contribution in [2.75, 3.05) is 317 Å². The summed E-state index contributed by atoms with van der Waals surface area (Å²) in [4.78, 5) is 38.2. The van der Waals surface area contributed by atoms with Gasteiger partial charge in [-0.15, -0.1) is 0 Å². The van der Waals surface area contributed by atoms with Crippen LogP contribution in [-0.2, 0) is 114 Å². The summed E-state index contributed by atoms with van der Waals surface area (Å²) in [5.74, 6) is -0.652. The van der Waals surface area contributed by atoms with Crippen LogP contribution in [0.1, 0.15) is 39.5 Å². The third-order valence-corrected chi connectivity index (χ3v) is 14.1. The third kappa shape index (κ3) is 67.2. The van der Waals surface area contributed by atoms with Crippen LogP contribution in [0.2, 0.25) is 0 Å². The number of hydrogen-bond acceptors (Lipinski definition) is 35. The Morgan fingerprint density at radius 3 is 0.777 bits per heavy atom. The molecule has 0 aromatic rings. The zero-order valence-electron chi connectivity index (χ0n) is 61.2. The lowest BCUT2D eigenvalue weighted by Crippen LogP contribution is -2.53. The third-order valence-electron chi connectivity index (χ3n) is 14.1. The monoisotopic (exact) mass is 1510 g/mol. The van der Waals surface area contributed by atoms with E-state index in [9.17, 15) is 55.2 Å². The molecule has 0 fully saturated rings. The molecule has 0 spiro atoms. The molecule has 0 aromatic heterocycles. The molecule has 0 aliphatic heterocycles. The van der Waals surface area contributed by atoms with Crippen molar-refractivity contribution >= 4 is 17.6 Å². The van der Waals surface area contributed by atoms with E-state index in [0.29, 0.717) is 257 Å². The number of amides is 2. The van der Waals surface area contributed by atoms with Crippen molar-refractivity contribution in [1.82, 2.24) is 15.5 Å². The lowest BCUT2D eigenvalue weighted by Gasteiger charge is -2.33. The second-order valence-corrected chi connectivity index (χ2v) is 22.5. The molecule has 0 bridgehead atoms. The fourth-order valence-electron chi connectivity index (χ4n) is 8.34. The normalized spacial score (nSPS) is 14.6. The van der Waals surface area contributed by atoms with Gasteiger partial charge < -0.3 is 161 Å². The van der Waals surface area contributed by atoms with Crippen molar-refractivity contribution in [2.45, 2.75) is 94.4 Å². The van der Waals surface area contributed by atoms with Crippen molar-refractivity contribution in [3.63, 3.8) is 0 Å². The minimum Gasteiger partial charge on any atom is -0.394 e. The molecule has 2 amide bonds. The number of hydrogen-bond donors (Lipinski definition) is 12. The highest BCUT2D eigenvalue weighted by Gasteiger charge is 2.34. The van der Waals surface area contributed by atoms with Gasteiger partial charge in [0, 0.05) is 45.6 Å². The number of carbonyl (C=O) groups excluding carboxylic acids is 3. The fourth-order valence-corrected chi connectivity index (χ4v) is 8.34. The second kappa shape index (κ2) is 77.5. The molecule has 9 atom stereocenters. The van der Waals surface area contributed by atoms with E-state index in [1.54, 1.807) is 0 Å². The van der Waals surface area contributed by atoms with Crippen LogP contribution in [0.5, 0.6) is 0 Å². The molecule has 37 nitrogen and oxygen atoms in total. The van der Waals surface area contributed by atoms with E-state index < -0.39 is 81.2 Å². The maximum atomic E-state index is 12.5. The average molecular weight is 1510 g/mol. The van der Waals surface area contributed by atoms with E-state index >= 15 is 0 Å². The van der Waals surface area contributed by atoms with Crippen LogP contribution in [-0.4, -0.2) is 445 Å². The first-order valence-corrected chi connectivity index (χ1v) is 35.8. The highest BCUT2D eigenvalue weighted by atomic mass is 16.6. The van der Waals surface area contributed by atoms with Crippen LogP contribution in [0, 0.1) is 0 Å². The minimum absolute atomic E-state index is 0.0164. The number of Topliss-reactive ketones (excluding diaryl/α,β-unsaturated/α-hetero) is 1. The van der Waals surface area contributed by atoms with Crippen LogP contribution >= 0.6 is 0 Å². The molecule has 12 N–H and O–H groups in total. The topological polar surface area (TPSA) is 475 Å². The lowest BCUT2D eigenvalue weighted by atomic mass is 10.0. The summed E-state index contributed by atoms with van der Waals surface area (Å²) in [6.07, 6.45) is -13.2. The number of ether oxygens (including phenoxy) is 21. The van der Waals surface area contributed by atoms with Crippen LogP contribution in [0.25, 0.3) is 0 Å². The molecule has 0 rings (SSSR count). The van der Waals surface area contributed by atoms with E-state index in [1.807, 2.05) is 6.92 Å². The van der Waals surface area contributed by atoms with Crippen LogP contribution in [0.15, 0.2) is 0 Å². The Morgan fingerprint density at radius 1 is 0.311 bits per heavy atom. The van der Waals surface area contributed by atoms with Crippen LogP contribution in [0.4, 0.5) is 0 Å². The first kappa shape index (κ1) is 100. The molecule has 0 unspecified atom stereocenters. The summed E-state index contributed by atoms with van der Waals surface area (Å²) >= 11 is 0. The Kier molecular flexibility index (Phi) is 75.5. The Bertz CT molecular complexity index is 1780. The predicted molar refractivity (Wildman–Crippen MR) is 366 cm³/mol. The summed E-state index contributed by atoms with van der Waals surface area (Å²) in [5.41, 5.74) is 0. The van der Waals surface area contributed by atoms with Crippen molar-refractivity contribution in [2.24, 2.45) is 0 Å². The van der Waals surface area contributed by atoms with E-state index in [4.69, 9.17) is 110 Å². The number of aliphatic hydroxyl groups excluding tert-OH is 10. The lowest BCUT2D eigenvalue weighted by molar-refractivity contribution is -0.131. The van der Waals surface area contributed by atoms with E-state index in [0.717, 1.165) is 0 Å². The fraction of sp³-hybridized carbons (Fsp3) is 0.955. The maximum absolute atomic E-state index is 12.5. The summed E-state index contributed by atoms with van der Waals surface area (Å²) in [5, 5.41) is 104. The molecule has 0 saturated heterocycles. The van der Waals surface area contributed by atoms with Crippen molar-refractivity contribution < 1.29 is 165 Å². The molecule has 0 saturated carbocycles. The predicted octanol–water partition coefficient (Wildman–Crippen LogP) is -5.72. The molecular formula is C66H131N3O34. The summed E-state index contributed by atoms with van der Waals surface area (Å²) in [6.45, 7) is 17.7. The quantitative estimate of drug-likeness (QED) is 0.0253. The number of ketones is 1. The molecule has 614 valence electrons. The van der Waals surface area contributed by atoms with Crippen LogP contribution < -0.4 is 10.6 Å². The van der Waals surface area contributed by atoms with Gasteiger partial charge in [0.1, 0.15) is 36.6 Å². The molecule has 37 heteroatoms.